The maximum Gasteiger partial charge on any atom is 0.234 e. The topological polar surface area (TPSA) is 50.8 Å². The van der Waals surface area contributed by atoms with Crippen LogP contribution in [0, 0.1) is 11.7 Å². The lowest BCUT2D eigenvalue weighted by atomic mass is 10.1. The van der Waals surface area contributed by atoms with E-state index in [1.54, 1.807) is 13.2 Å². The molecule has 0 aromatic heterocycles. The van der Waals surface area contributed by atoms with E-state index in [1.165, 1.54) is 25.0 Å². The van der Waals surface area contributed by atoms with Gasteiger partial charge in [-0.1, -0.05) is 18.2 Å². The molecule has 1 aliphatic carbocycles. The third kappa shape index (κ3) is 9.23. The Morgan fingerprint density at radius 3 is 2.56 bits per heavy atom. The lowest BCUT2D eigenvalue weighted by Gasteiger charge is -2.22. The number of hydrogen-bond acceptors (Lipinski definition) is 4. The predicted molar refractivity (Wildman–Crippen MR) is 130 cm³/mol. The van der Waals surface area contributed by atoms with Crippen LogP contribution in [0.2, 0.25) is 0 Å². The van der Waals surface area contributed by atoms with Crippen LogP contribution in [-0.2, 0) is 17.8 Å². The van der Waals surface area contributed by atoms with Crippen molar-refractivity contribution in [3.63, 3.8) is 0 Å². The first-order valence-electron chi connectivity index (χ1n) is 10.6. The van der Waals surface area contributed by atoms with Gasteiger partial charge >= 0.3 is 0 Å². The lowest BCUT2D eigenvalue weighted by molar-refractivity contribution is -0.122. The average Bonchev–Trinajstić information content (AvgIpc) is 3.55. The smallest absolute Gasteiger partial charge is 0.234 e. The van der Waals surface area contributed by atoms with Gasteiger partial charge in [0.1, 0.15) is 12.4 Å². The van der Waals surface area contributed by atoms with Crippen LogP contribution in [0.4, 0.5) is 4.39 Å². The van der Waals surface area contributed by atoms with Crippen molar-refractivity contribution in [1.82, 2.24) is 10.2 Å². The summed E-state index contributed by atoms with van der Waals surface area (Å²) in [5.74, 6) is 1.82. The summed E-state index contributed by atoms with van der Waals surface area (Å²) >= 11 is 0. The highest BCUT2D eigenvalue weighted by Gasteiger charge is 2.25. The van der Waals surface area contributed by atoms with Crippen LogP contribution < -0.4 is 14.8 Å². The zero-order valence-corrected chi connectivity index (χ0v) is 20.3. The zero-order chi connectivity index (χ0) is 21.3. The van der Waals surface area contributed by atoms with Gasteiger partial charge in [-0.2, -0.15) is 0 Å². The minimum Gasteiger partial charge on any atom is -0.493 e. The maximum atomic E-state index is 13.3. The molecule has 3 rings (SSSR count). The fourth-order valence-corrected chi connectivity index (χ4v) is 3.42. The van der Waals surface area contributed by atoms with E-state index in [9.17, 15) is 9.18 Å². The largest absolute Gasteiger partial charge is 0.493 e. The molecular formula is C24H33Cl2FN2O3. The van der Waals surface area contributed by atoms with Gasteiger partial charge in [0.05, 0.1) is 13.7 Å². The van der Waals surface area contributed by atoms with Crippen molar-refractivity contribution in [2.45, 2.75) is 32.8 Å². The Hall–Kier alpha value is -2.02. The van der Waals surface area contributed by atoms with Crippen molar-refractivity contribution < 1.29 is 18.7 Å². The Morgan fingerprint density at radius 1 is 1.12 bits per heavy atom. The van der Waals surface area contributed by atoms with Crippen LogP contribution >= 0.6 is 24.8 Å². The molecule has 178 valence electrons. The highest BCUT2D eigenvalue weighted by Crippen LogP contribution is 2.31. The summed E-state index contributed by atoms with van der Waals surface area (Å²) < 4.78 is 24.7. The number of ether oxygens (including phenoxy) is 2. The molecule has 1 aliphatic rings. The molecule has 0 atom stereocenters. The second-order valence-corrected chi connectivity index (χ2v) is 7.79. The summed E-state index contributed by atoms with van der Waals surface area (Å²) in [6, 6.07) is 12.3. The van der Waals surface area contributed by atoms with Gasteiger partial charge in [-0.3, -0.25) is 9.69 Å². The molecule has 0 saturated heterocycles. The number of amides is 1. The van der Waals surface area contributed by atoms with E-state index in [4.69, 9.17) is 9.47 Å². The molecule has 0 spiro atoms. The van der Waals surface area contributed by atoms with Gasteiger partial charge in [0.15, 0.2) is 11.5 Å². The van der Waals surface area contributed by atoms with E-state index in [2.05, 4.69) is 10.2 Å². The van der Waals surface area contributed by atoms with Gasteiger partial charge in [0.2, 0.25) is 5.91 Å². The number of likely N-dealkylation sites (N-methyl/N-ethyl adjacent to an activating group) is 1. The lowest BCUT2D eigenvalue weighted by Crippen LogP contribution is -2.39. The average molecular weight is 487 g/mol. The third-order valence-corrected chi connectivity index (χ3v) is 5.18. The van der Waals surface area contributed by atoms with Crippen LogP contribution in [0.1, 0.15) is 30.9 Å². The summed E-state index contributed by atoms with van der Waals surface area (Å²) in [5.41, 5.74) is 1.89. The zero-order valence-electron chi connectivity index (χ0n) is 18.6. The molecule has 0 radical (unpaired) electrons. The van der Waals surface area contributed by atoms with Gasteiger partial charge in [0.25, 0.3) is 0 Å². The summed E-state index contributed by atoms with van der Waals surface area (Å²) in [4.78, 5) is 14.2. The Bertz CT molecular complexity index is 850. The van der Waals surface area contributed by atoms with E-state index >= 15 is 0 Å². The number of methoxy groups -OCH3 is 1. The standard InChI is InChI=1S/C24H31FN2O3.2ClH/c1-3-26-24(28)16-27(15-19-7-8-19)12-11-18-9-10-22(23(14-18)29-2)30-17-20-5-4-6-21(25)13-20;;/h4-6,9-10,13-14,19H,3,7-8,11-12,15-17H2,1-2H3,(H,26,28);2*1H. The summed E-state index contributed by atoms with van der Waals surface area (Å²) in [6.45, 7) is 5.10. The highest BCUT2D eigenvalue weighted by atomic mass is 35.5. The van der Waals surface area contributed by atoms with Crippen molar-refractivity contribution in [1.29, 1.82) is 0 Å². The molecule has 1 saturated carbocycles. The Kier molecular flexibility index (Phi) is 12.4. The van der Waals surface area contributed by atoms with E-state index in [0.29, 0.717) is 24.6 Å². The van der Waals surface area contributed by atoms with Gasteiger partial charge in [0, 0.05) is 19.6 Å². The van der Waals surface area contributed by atoms with Crippen molar-refractivity contribution in [2.75, 3.05) is 33.3 Å². The Labute approximate surface area is 202 Å². The maximum absolute atomic E-state index is 13.3. The molecule has 1 fully saturated rings. The van der Waals surface area contributed by atoms with Crippen molar-refractivity contribution in [3.8, 4) is 11.5 Å². The molecule has 2 aromatic rings. The van der Waals surface area contributed by atoms with Crippen LogP contribution in [0.15, 0.2) is 42.5 Å². The first kappa shape index (κ1) is 28.0. The monoisotopic (exact) mass is 486 g/mol. The molecular weight excluding hydrogens is 454 g/mol. The van der Waals surface area contributed by atoms with E-state index < -0.39 is 0 Å². The summed E-state index contributed by atoms with van der Waals surface area (Å²) in [7, 11) is 1.61. The molecule has 2 aromatic carbocycles. The number of carbonyl (C=O) groups is 1. The van der Waals surface area contributed by atoms with Crippen LogP contribution in [0.5, 0.6) is 11.5 Å². The number of carbonyl (C=O) groups excluding carboxylic acids is 1. The molecule has 0 unspecified atom stereocenters. The van der Waals surface area contributed by atoms with Crippen LogP contribution in [-0.4, -0.2) is 44.1 Å². The number of halogens is 3. The van der Waals surface area contributed by atoms with Crippen molar-refractivity contribution in [2.24, 2.45) is 5.92 Å². The summed E-state index contributed by atoms with van der Waals surface area (Å²) in [6.07, 6.45) is 3.35. The molecule has 0 aliphatic heterocycles. The molecule has 1 amide bonds. The second kappa shape index (κ2) is 14.2. The summed E-state index contributed by atoms with van der Waals surface area (Å²) in [5, 5.41) is 2.88. The molecule has 5 nitrogen and oxygen atoms in total. The fraction of sp³-hybridized carbons (Fsp3) is 0.458. The predicted octanol–water partition coefficient (Wildman–Crippen LogP) is 4.65. The highest BCUT2D eigenvalue weighted by molar-refractivity contribution is 5.85. The van der Waals surface area contributed by atoms with Crippen molar-refractivity contribution >= 4 is 30.7 Å². The number of benzene rings is 2. The first-order valence-corrected chi connectivity index (χ1v) is 10.6. The molecule has 32 heavy (non-hydrogen) atoms. The Balaban J connectivity index is 0.00000256. The number of nitrogens with zero attached hydrogens (tertiary/aromatic N) is 1. The SMILES string of the molecule is CCNC(=O)CN(CCc1ccc(OCc2cccc(F)c2)c(OC)c1)CC1CC1.Cl.Cl. The molecule has 1 N–H and O–H groups in total. The quantitative estimate of drug-likeness (QED) is 0.474. The minimum absolute atomic E-state index is 0. The molecule has 0 bridgehead atoms. The van der Waals surface area contributed by atoms with E-state index in [0.717, 1.165) is 36.6 Å². The van der Waals surface area contributed by atoms with Crippen molar-refractivity contribution in [3.05, 3.63) is 59.4 Å². The molecule has 8 heteroatoms. The van der Waals surface area contributed by atoms with E-state index in [-0.39, 0.29) is 43.1 Å². The van der Waals surface area contributed by atoms with Gasteiger partial charge in [-0.25, -0.2) is 4.39 Å². The third-order valence-electron chi connectivity index (χ3n) is 5.18. The minimum atomic E-state index is -0.276. The number of nitrogens with one attached hydrogen (secondary N) is 1. The molecule has 0 heterocycles. The fourth-order valence-electron chi connectivity index (χ4n) is 3.42. The van der Waals surface area contributed by atoms with E-state index in [1.807, 2.05) is 31.2 Å². The Morgan fingerprint density at radius 2 is 1.91 bits per heavy atom. The van der Waals surface area contributed by atoms with Gasteiger partial charge in [-0.05, 0) is 67.5 Å². The normalized spacial score (nSPS) is 12.5. The van der Waals surface area contributed by atoms with Crippen LogP contribution in [0.25, 0.3) is 0 Å². The van der Waals surface area contributed by atoms with Gasteiger partial charge in [-0.15, -0.1) is 24.8 Å². The van der Waals surface area contributed by atoms with Crippen LogP contribution in [0.3, 0.4) is 0 Å². The van der Waals surface area contributed by atoms with Gasteiger partial charge < -0.3 is 14.8 Å². The second-order valence-electron chi connectivity index (χ2n) is 7.79. The number of rotatable bonds is 12. The first-order chi connectivity index (χ1) is 14.6. The number of hydrogen-bond donors (Lipinski definition) is 1.